The molecule has 1 fully saturated rings. The number of β-amino-alcohol motifs (C(OH)–C–C–N with tert-alkyl or cyclic N) is 1. The number of nitrogens with zero attached hydrogens (tertiary/aromatic N) is 1. The number of hydrogen-bond donors (Lipinski definition) is 1. The van der Waals surface area contributed by atoms with Crippen molar-refractivity contribution < 1.29 is 9.84 Å². The molecule has 1 aliphatic rings. The summed E-state index contributed by atoms with van der Waals surface area (Å²) in [6.07, 6.45) is 0. The first kappa shape index (κ1) is 10.0. The lowest BCUT2D eigenvalue weighted by molar-refractivity contribution is 0.0237. The summed E-state index contributed by atoms with van der Waals surface area (Å²) in [6.45, 7) is 7.10. The van der Waals surface area contributed by atoms with Crippen LogP contribution in [-0.2, 0) is 4.74 Å². The monoisotopic (exact) mass is 171 g/mol. The van der Waals surface area contributed by atoms with Crippen LogP contribution in [0.5, 0.6) is 0 Å². The molecule has 1 atom stereocenters. The van der Waals surface area contributed by atoms with E-state index in [0.717, 1.165) is 13.2 Å². The molecule has 0 bridgehead atoms. The van der Waals surface area contributed by atoms with Crippen LogP contribution >= 0.6 is 0 Å². The first-order valence-corrected chi connectivity index (χ1v) is 4.55. The highest BCUT2D eigenvalue weighted by Crippen LogP contribution is 2.10. The summed E-state index contributed by atoms with van der Waals surface area (Å²) in [6, 6.07) is 0.484. The molecule has 3 nitrogen and oxygen atoms in total. The van der Waals surface area contributed by atoms with E-state index >= 15 is 0 Å². The minimum Gasteiger partial charge on any atom is -0.395 e. The summed E-state index contributed by atoms with van der Waals surface area (Å²) < 4.78 is 5.30. The van der Waals surface area contributed by atoms with Gasteiger partial charge in [-0.05, 0) is 13.8 Å². The fraction of sp³-hybridized carbons (Fsp3) is 1.00. The molecular formula is C8H18BNO2. The molecule has 0 amide bonds. The van der Waals surface area contributed by atoms with E-state index in [4.69, 9.17) is 4.74 Å². The highest BCUT2D eigenvalue weighted by atomic mass is 16.5. The van der Waals surface area contributed by atoms with Crippen LogP contribution in [0.1, 0.15) is 13.8 Å². The van der Waals surface area contributed by atoms with Gasteiger partial charge in [-0.15, -0.1) is 0 Å². The summed E-state index contributed by atoms with van der Waals surface area (Å²) in [4.78, 5) is 2.24. The van der Waals surface area contributed by atoms with Crippen LogP contribution in [-0.4, -0.2) is 55.7 Å². The Balaban J connectivity index is 2.54. The van der Waals surface area contributed by atoms with Crippen LogP contribution in [0.4, 0.5) is 0 Å². The van der Waals surface area contributed by atoms with Crippen LogP contribution in [0.25, 0.3) is 0 Å². The minimum absolute atomic E-state index is 0.455. The van der Waals surface area contributed by atoms with Gasteiger partial charge in [0.15, 0.2) is 0 Å². The Kier molecular flexibility index (Phi) is 3.15. The lowest BCUT2D eigenvalue weighted by Crippen LogP contribution is -2.47. The van der Waals surface area contributed by atoms with Crippen molar-refractivity contribution in [2.45, 2.75) is 25.4 Å². The molecule has 1 unspecified atom stereocenters. The Labute approximate surface area is 75.1 Å². The fourth-order valence-corrected chi connectivity index (χ4v) is 1.48. The zero-order valence-electron chi connectivity index (χ0n) is 8.21. The second-order valence-corrected chi connectivity index (χ2v) is 4.11. The smallest absolute Gasteiger partial charge is 0.147 e. The van der Waals surface area contributed by atoms with Gasteiger partial charge in [-0.2, -0.15) is 0 Å². The molecule has 0 aromatic carbocycles. The molecule has 1 rings (SSSR count). The molecular weight excluding hydrogens is 153 g/mol. The predicted octanol–water partition coefficient (Wildman–Crippen LogP) is -0.951. The van der Waals surface area contributed by atoms with E-state index in [-0.39, 0.29) is 0 Å². The Hall–Kier alpha value is -0.0551. The van der Waals surface area contributed by atoms with Gasteiger partial charge in [0.1, 0.15) is 7.85 Å². The lowest BCUT2D eigenvalue weighted by Gasteiger charge is -2.30. The van der Waals surface area contributed by atoms with Gasteiger partial charge in [0.25, 0.3) is 0 Å². The standard InChI is InChI=1S/C8H18BNO2/c1-7(2)10-3-4-12-6-8(9,11)5-10/h7,11H,3-6,9H2,1-2H3. The Morgan fingerprint density at radius 2 is 2.25 bits per heavy atom. The Bertz CT molecular complexity index is 150. The van der Waals surface area contributed by atoms with Gasteiger partial charge in [0.05, 0.1) is 18.7 Å². The van der Waals surface area contributed by atoms with Crippen molar-refractivity contribution in [2.75, 3.05) is 26.3 Å². The third kappa shape index (κ3) is 2.77. The molecule has 0 spiro atoms. The minimum atomic E-state index is -0.680. The van der Waals surface area contributed by atoms with E-state index in [1.807, 2.05) is 7.85 Å². The molecule has 0 aromatic heterocycles. The van der Waals surface area contributed by atoms with Crippen LogP contribution in [0.15, 0.2) is 0 Å². The number of aliphatic hydroxyl groups is 1. The molecule has 0 radical (unpaired) electrons. The van der Waals surface area contributed by atoms with Crippen LogP contribution in [0.2, 0.25) is 0 Å². The lowest BCUT2D eigenvalue weighted by atomic mass is 9.82. The van der Waals surface area contributed by atoms with Crippen LogP contribution in [0.3, 0.4) is 0 Å². The molecule has 0 saturated carbocycles. The normalized spacial score (nSPS) is 33.7. The summed E-state index contributed by atoms with van der Waals surface area (Å²) in [5.74, 6) is 0. The first-order chi connectivity index (χ1) is 5.51. The van der Waals surface area contributed by atoms with Gasteiger partial charge < -0.3 is 9.84 Å². The van der Waals surface area contributed by atoms with E-state index in [0.29, 0.717) is 19.2 Å². The molecule has 0 aliphatic carbocycles. The molecule has 1 saturated heterocycles. The van der Waals surface area contributed by atoms with Crippen molar-refractivity contribution in [1.29, 1.82) is 0 Å². The predicted molar refractivity (Wildman–Crippen MR) is 51.0 cm³/mol. The van der Waals surface area contributed by atoms with Gasteiger partial charge in [-0.25, -0.2) is 0 Å². The molecule has 1 aliphatic heterocycles. The largest absolute Gasteiger partial charge is 0.395 e. The third-order valence-electron chi connectivity index (χ3n) is 2.21. The fourth-order valence-electron chi connectivity index (χ4n) is 1.48. The average molecular weight is 171 g/mol. The van der Waals surface area contributed by atoms with Crippen molar-refractivity contribution in [1.82, 2.24) is 4.90 Å². The molecule has 1 N–H and O–H groups in total. The second kappa shape index (κ2) is 3.77. The van der Waals surface area contributed by atoms with Gasteiger partial charge in [-0.3, -0.25) is 4.90 Å². The van der Waals surface area contributed by atoms with E-state index in [2.05, 4.69) is 18.7 Å². The maximum atomic E-state index is 9.81. The van der Waals surface area contributed by atoms with Gasteiger partial charge in [0, 0.05) is 19.1 Å². The van der Waals surface area contributed by atoms with Crippen LogP contribution in [0, 0.1) is 0 Å². The highest BCUT2D eigenvalue weighted by molar-refractivity contribution is 6.14. The second-order valence-electron chi connectivity index (χ2n) is 4.11. The van der Waals surface area contributed by atoms with Crippen LogP contribution < -0.4 is 0 Å². The van der Waals surface area contributed by atoms with Gasteiger partial charge in [0.2, 0.25) is 0 Å². The molecule has 12 heavy (non-hydrogen) atoms. The number of rotatable bonds is 1. The van der Waals surface area contributed by atoms with E-state index in [9.17, 15) is 5.11 Å². The van der Waals surface area contributed by atoms with Gasteiger partial charge in [-0.1, -0.05) is 0 Å². The summed E-state index contributed by atoms with van der Waals surface area (Å²) >= 11 is 0. The quantitative estimate of drug-likeness (QED) is 0.516. The van der Waals surface area contributed by atoms with E-state index < -0.39 is 5.50 Å². The maximum Gasteiger partial charge on any atom is 0.147 e. The molecule has 4 heteroatoms. The Morgan fingerprint density at radius 3 is 2.83 bits per heavy atom. The number of hydrogen-bond acceptors (Lipinski definition) is 3. The summed E-state index contributed by atoms with van der Waals surface area (Å²) in [5, 5.41) is 9.81. The summed E-state index contributed by atoms with van der Waals surface area (Å²) in [5.41, 5.74) is -0.680. The maximum absolute atomic E-state index is 9.81. The van der Waals surface area contributed by atoms with Crippen molar-refractivity contribution in [3.63, 3.8) is 0 Å². The van der Waals surface area contributed by atoms with Crippen molar-refractivity contribution >= 4 is 7.85 Å². The zero-order valence-corrected chi connectivity index (χ0v) is 8.21. The third-order valence-corrected chi connectivity index (χ3v) is 2.21. The number of ether oxygens (including phenoxy) is 1. The Morgan fingerprint density at radius 1 is 1.58 bits per heavy atom. The highest BCUT2D eigenvalue weighted by Gasteiger charge is 2.28. The SMILES string of the molecule is BC1(O)COCCN(C(C)C)C1. The topological polar surface area (TPSA) is 32.7 Å². The molecule has 1 heterocycles. The van der Waals surface area contributed by atoms with E-state index in [1.54, 1.807) is 0 Å². The van der Waals surface area contributed by atoms with E-state index in [1.165, 1.54) is 0 Å². The molecule has 70 valence electrons. The van der Waals surface area contributed by atoms with Crippen molar-refractivity contribution in [3.8, 4) is 0 Å². The summed E-state index contributed by atoms with van der Waals surface area (Å²) in [7, 11) is 1.83. The average Bonchev–Trinajstić information content (AvgIpc) is 2.10. The zero-order chi connectivity index (χ0) is 9.19. The van der Waals surface area contributed by atoms with Crippen molar-refractivity contribution in [3.05, 3.63) is 0 Å². The molecule has 0 aromatic rings. The van der Waals surface area contributed by atoms with Gasteiger partial charge >= 0.3 is 0 Å². The van der Waals surface area contributed by atoms with Crippen molar-refractivity contribution in [2.24, 2.45) is 0 Å². The first-order valence-electron chi connectivity index (χ1n) is 4.55.